The number of halogens is 3. The molecule has 3 aromatic rings. The fourth-order valence-electron chi connectivity index (χ4n) is 3.83. The minimum absolute atomic E-state index is 0.0239. The number of thioether (sulfide) groups is 1. The van der Waals surface area contributed by atoms with Gasteiger partial charge in [0.1, 0.15) is 11.9 Å². The summed E-state index contributed by atoms with van der Waals surface area (Å²) in [5, 5.41) is 9.37. The molecule has 0 aliphatic carbocycles. The highest BCUT2D eigenvalue weighted by atomic mass is 35.5. The molecule has 0 radical (unpaired) electrons. The third-order valence-corrected chi connectivity index (χ3v) is 6.02. The van der Waals surface area contributed by atoms with Crippen LogP contribution in [0, 0.1) is 11.2 Å². The summed E-state index contributed by atoms with van der Waals surface area (Å²) >= 11 is 14.2. The minimum atomic E-state index is -0.519. The van der Waals surface area contributed by atoms with Gasteiger partial charge in [-0.05, 0) is 50.6 Å². The standard InChI is InChI=1S/C23H23Cl2FN6O.C2H6S/c1-12(20-16(24)8-30-9-17(20)25)33-14-3-4-19(27)15(6-14)21(28)13-5-18(26)22(31-7-13)32-10-23(2,29)11-32;1-3-2/h3-9,12,28H,10-11,27,29H2,1-2H3;1-2H3/t12-;/m1./s1. The molecule has 11 heteroatoms. The Morgan fingerprint density at radius 3 is 2.36 bits per heavy atom. The predicted molar refractivity (Wildman–Crippen MR) is 149 cm³/mol. The Hall–Kier alpha value is -2.59. The number of nitrogens with two attached hydrogens (primary N) is 2. The van der Waals surface area contributed by atoms with Crippen LogP contribution in [0.15, 0.2) is 42.9 Å². The summed E-state index contributed by atoms with van der Waals surface area (Å²) in [5.74, 6) is 0.155. The Morgan fingerprint density at radius 2 is 1.81 bits per heavy atom. The first-order chi connectivity index (χ1) is 17.0. The molecule has 0 amide bonds. The lowest BCUT2D eigenvalue weighted by atomic mass is 9.93. The van der Waals surface area contributed by atoms with Crippen LogP contribution in [0.2, 0.25) is 10.0 Å². The summed E-state index contributed by atoms with van der Waals surface area (Å²) in [6.45, 7) is 4.74. The van der Waals surface area contributed by atoms with Crippen LogP contribution < -0.4 is 21.1 Å². The number of benzene rings is 1. The van der Waals surface area contributed by atoms with Crippen molar-refractivity contribution < 1.29 is 9.13 Å². The number of anilines is 2. The van der Waals surface area contributed by atoms with Gasteiger partial charge >= 0.3 is 0 Å². The molecule has 1 aromatic carbocycles. The summed E-state index contributed by atoms with van der Waals surface area (Å²) in [6.07, 6.45) is 8.04. The van der Waals surface area contributed by atoms with Crippen LogP contribution in [0.1, 0.15) is 36.6 Å². The number of ether oxygens (including phenoxy) is 1. The molecule has 1 fully saturated rings. The smallest absolute Gasteiger partial charge is 0.166 e. The van der Waals surface area contributed by atoms with Gasteiger partial charge in [-0.15, -0.1) is 0 Å². The average molecular weight is 552 g/mol. The van der Waals surface area contributed by atoms with Crippen molar-refractivity contribution in [1.82, 2.24) is 9.97 Å². The van der Waals surface area contributed by atoms with E-state index >= 15 is 0 Å². The largest absolute Gasteiger partial charge is 0.486 e. The molecule has 1 saturated heterocycles. The van der Waals surface area contributed by atoms with Gasteiger partial charge < -0.3 is 21.1 Å². The zero-order chi connectivity index (χ0) is 26.6. The molecule has 2 aromatic heterocycles. The van der Waals surface area contributed by atoms with Crippen molar-refractivity contribution >= 4 is 52.2 Å². The Bertz CT molecular complexity index is 1230. The lowest BCUT2D eigenvalue weighted by molar-refractivity contribution is 0.227. The summed E-state index contributed by atoms with van der Waals surface area (Å²) in [6, 6.07) is 6.21. The molecule has 1 atom stereocenters. The first-order valence-corrected chi connectivity index (χ1v) is 13.4. The van der Waals surface area contributed by atoms with E-state index in [1.807, 2.05) is 19.4 Å². The first kappa shape index (κ1) is 28.0. The van der Waals surface area contributed by atoms with Crippen LogP contribution in [-0.2, 0) is 0 Å². The molecule has 1 aliphatic rings. The van der Waals surface area contributed by atoms with Gasteiger partial charge in [0.15, 0.2) is 11.6 Å². The Morgan fingerprint density at radius 1 is 1.19 bits per heavy atom. The van der Waals surface area contributed by atoms with E-state index in [9.17, 15) is 4.39 Å². The maximum Gasteiger partial charge on any atom is 0.166 e. The van der Waals surface area contributed by atoms with Crippen LogP contribution in [0.3, 0.4) is 0 Å². The molecule has 0 saturated carbocycles. The van der Waals surface area contributed by atoms with Crippen LogP contribution in [-0.4, -0.2) is 46.8 Å². The minimum Gasteiger partial charge on any atom is -0.486 e. The van der Waals surface area contributed by atoms with Crippen molar-refractivity contribution in [3.8, 4) is 5.75 Å². The molecule has 0 bridgehead atoms. The number of aromatic nitrogens is 2. The van der Waals surface area contributed by atoms with E-state index in [0.29, 0.717) is 51.3 Å². The van der Waals surface area contributed by atoms with Gasteiger partial charge in [-0.25, -0.2) is 9.37 Å². The van der Waals surface area contributed by atoms with E-state index in [2.05, 4.69) is 9.97 Å². The van der Waals surface area contributed by atoms with Gasteiger partial charge in [0.05, 0.1) is 15.8 Å². The third kappa shape index (κ3) is 6.39. The van der Waals surface area contributed by atoms with Crippen LogP contribution >= 0.6 is 35.0 Å². The van der Waals surface area contributed by atoms with Gasteiger partial charge in [-0.2, -0.15) is 11.8 Å². The predicted octanol–water partition coefficient (Wildman–Crippen LogP) is 5.58. The number of hydrogen-bond acceptors (Lipinski definition) is 8. The molecule has 4 rings (SSSR count). The summed E-state index contributed by atoms with van der Waals surface area (Å²) in [4.78, 5) is 9.93. The van der Waals surface area contributed by atoms with E-state index in [0.717, 1.165) is 0 Å². The maximum absolute atomic E-state index is 14.7. The zero-order valence-corrected chi connectivity index (χ0v) is 22.8. The molecule has 192 valence electrons. The van der Waals surface area contributed by atoms with Gasteiger partial charge in [0.2, 0.25) is 0 Å². The molecular formula is C25H29Cl2FN6OS. The molecule has 0 spiro atoms. The van der Waals surface area contributed by atoms with Crippen molar-refractivity contribution in [2.75, 3.05) is 36.2 Å². The first-order valence-electron chi connectivity index (χ1n) is 11.0. The van der Waals surface area contributed by atoms with Crippen LogP contribution in [0.25, 0.3) is 0 Å². The summed E-state index contributed by atoms with van der Waals surface area (Å²) in [7, 11) is 0. The molecule has 36 heavy (non-hydrogen) atoms. The summed E-state index contributed by atoms with van der Waals surface area (Å²) in [5.41, 5.74) is 13.4. The van der Waals surface area contributed by atoms with Crippen molar-refractivity contribution in [3.63, 3.8) is 0 Å². The van der Waals surface area contributed by atoms with Gasteiger partial charge in [-0.1, -0.05) is 23.2 Å². The van der Waals surface area contributed by atoms with Crippen molar-refractivity contribution in [2.45, 2.75) is 25.5 Å². The Kier molecular flexibility index (Phi) is 9.05. The third-order valence-electron chi connectivity index (χ3n) is 5.42. The SMILES string of the molecule is CSC.C[C@@H](Oc1ccc(N)c(C(=N)c2cnc(N3CC(C)(N)C3)c(F)c2)c1)c1c(Cl)cncc1Cl. The monoisotopic (exact) mass is 550 g/mol. The lowest BCUT2D eigenvalue weighted by Gasteiger charge is -2.46. The van der Waals surface area contributed by atoms with Crippen molar-refractivity contribution in [3.05, 3.63) is 75.4 Å². The van der Waals surface area contributed by atoms with Gasteiger partial charge in [0, 0.05) is 59.6 Å². The van der Waals surface area contributed by atoms with Gasteiger partial charge in [-0.3, -0.25) is 10.4 Å². The molecule has 1 aliphatic heterocycles. The van der Waals surface area contributed by atoms with Gasteiger partial charge in [0.25, 0.3) is 0 Å². The van der Waals surface area contributed by atoms with Crippen LogP contribution in [0.5, 0.6) is 5.75 Å². The highest BCUT2D eigenvalue weighted by Crippen LogP contribution is 2.34. The topological polar surface area (TPSA) is 114 Å². The van der Waals surface area contributed by atoms with E-state index in [4.69, 9.17) is 44.8 Å². The molecule has 7 nitrogen and oxygen atoms in total. The number of nitrogens with zero attached hydrogens (tertiary/aromatic N) is 3. The van der Waals surface area contributed by atoms with Crippen molar-refractivity contribution in [2.24, 2.45) is 5.73 Å². The number of nitrogens with one attached hydrogen (secondary N) is 1. The second-order valence-corrected chi connectivity index (χ2v) is 10.5. The quantitative estimate of drug-likeness (QED) is 0.271. The van der Waals surface area contributed by atoms with E-state index in [-0.39, 0.29) is 17.1 Å². The number of rotatable bonds is 6. The fraction of sp³-hybridized carbons (Fsp3) is 0.320. The normalized spacial score (nSPS) is 14.8. The fourth-order valence-corrected chi connectivity index (χ4v) is 4.50. The number of nitrogen functional groups attached to an aromatic ring is 1. The second kappa shape index (κ2) is 11.6. The second-order valence-electron chi connectivity index (χ2n) is 8.85. The van der Waals surface area contributed by atoms with E-state index in [1.165, 1.54) is 24.7 Å². The summed E-state index contributed by atoms with van der Waals surface area (Å²) < 4.78 is 20.7. The lowest BCUT2D eigenvalue weighted by Crippen LogP contribution is -2.66. The molecule has 0 unspecified atom stereocenters. The molecular weight excluding hydrogens is 522 g/mol. The maximum atomic E-state index is 14.7. The Labute approximate surface area is 224 Å². The molecule has 5 N–H and O–H groups in total. The van der Waals surface area contributed by atoms with Crippen LogP contribution in [0.4, 0.5) is 15.9 Å². The zero-order valence-electron chi connectivity index (χ0n) is 20.5. The van der Waals surface area contributed by atoms with E-state index in [1.54, 1.807) is 41.8 Å². The molecule has 3 heterocycles. The number of hydrogen-bond donors (Lipinski definition) is 3. The highest BCUT2D eigenvalue weighted by molar-refractivity contribution is 7.97. The van der Waals surface area contributed by atoms with E-state index < -0.39 is 11.9 Å². The number of pyridine rings is 2. The Balaban J connectivity index is 0.00000115. The van der Waals surface area contributed by atoms with Crippen molar-refractivity contribution in [1.29, 1.82) is 5.41 Å². The highest BCUT2D eigenvalue weighted by Gasteiger charge is 2.37. The average Bonchev–Trinajstić information content (AvgIpc) is 2.78.